The molecule has 3 nitrogen and oxygen atoms in total. The first kappa shape index (κ1) is 13.3. The van der Waals surface area contributed by atoms with Crippen molar-refractivity contribution in [3.05, 3.63) is 0 Å². The van der Waals surface area contributed by atoms with Crippen LogP contribution in [0.5, 0.6) is 0 Å². The molecule has 0 radical (unpaired) electrons. The van der Waals surface area contributed by atoms with Gasteiger partial charge in [0.1, 0.15) is 0 Å². The molecule has 1 unspecified atom stereocenters. The summed E-state index contributed by atoms with van der Waals surface area (Å²) in [5.41, 5.74) is -0.231. The highest BCUT2D eigenvalue weighted by molar-refractivity contribution is 9.09. The van der Waals surface area contributed by atoms with Crippen molar-refractivity contribution in [2.45, 2.75) is 25.6 Å². The molecule has 1 aliphatic heterocycles. The van der Waals surface area contributed by atoms with E-state index in [1.54, 1.807) is 11.8 Å². The zero-order chi connectivity index (χ0) is 11.5. The third-order valence-corrected chi connectivity index (χ3v) is 3.53. The van der Waals surface area contributed by atoms with E-state index >= 15 is 0 Å². The highest BCUT2D eigenvalue weighted by Gasteiger charge is 2.34. The number of hydrogen-bond acceptors (Lipinski definition) is 3. The SMILES string of the molecule is CSCC(=O)N1CC(CBr)OC(C)(C)C1. The van der Waals surface area contributed by atoms with Gasteiger partial charge in [-0.2, -0.15) is 11.8 Å². The molecule has 0 aromatic rings. The van der Waals surface area contributed by atoms with Crippen LogP contribution >= 0.6 is 27.7 Å². The fourth-order valence-corrected chi connectivity index (χ4v) is 2.55. The minimum atomic E-state index is -0.231. The highest BCUT2D eigenvalue weighted by Crippen LogP contribution is 2.22. The number of thioether (sulfide) groups is 1. The van der Waals surface area contributed by atoms with E-state index in [4.69, 9.17) is 4.74 Å². The minimum Gasteiger partial charge on any atom is -0.368 e. The molecule has 1 heterocycles. The molecule has 0 aromatic heterocycles. The van der Waals surface area contributed by atoms with Crippen LogP contribution in [-0.4, -0.2) is 52.9 Å². The van der Waals surface area contributed by atoms with Crippen molar-refractivity contribution in [3.63, 3.8) is 0 Å². The second-order valence-corrected chi connectivity index (χ2v) is 5.87. The molecule has 0 N–H and O–H groups in total. The summed E-state index contributed by atoms with van der Waals surface area (Å²) in [5, 5.41) is 0.777. The van der Waals surface area contributed by atoms with E-state index in [1.807, 2.05) is 25.0 Å². The second kappa shape index (κ2) is 5.55. The van der Waals surface area contributed by atoms with Crippen molar-refractivity contribution in [2.24, 2.45) is 0 Å². The van der Waals surface area contributed by atoms with Gasteiger partial charge in [0.05, 0.1) is 17.5 Å². The molecule has 0 saturated carbocycles. The first-order chi connectivity index (χ1) is 6.98. The first-order valence-corrected chi connectivity index (χ1v) is 7.50. The van der Waals surface area contributed by atoms with Gasteiger partial charge in [0.2, 0.25) is 5.91 Å². The lowest BCUT2D eigenvalue weighted by atomic mass is 10.1. The van der Waals surface area contributed by atoms with Gasteiger partial charge >= 0.3 is 0 Å². The summed E-state index contributed by atoms with van der Waals surface area (Å²) in [7, 11) is 0. The van der Waals surface area contributed by atoms with Crippen LogP contribution < -0.4 is 0 Å². The average molecular weight is 296 g/mol. The van der Waals surface area contributed by atoms with Crippen LogP contribution in [0.4, 0.5) is 0 Å². The summed E-state index contributed by atoms with van der Waals surface area (Å²) in [4.78, 5) is 13.7. The summed E-state index contributed by atoms with van der Waals surface area (Å²) in [6.45, 7) is 5.45. The molecular weight excluding hydrogens is 278 g/mol. The molecule has 0 spiro atoms. The van der Waals surface area contributed by atoms with Crippen LogP contribution in [0.3, 0.4) is 0 Å². The van der Waals surface area contributed by atoms with Crippen LogP contribution in [0.15, 0.2) is 0 Å². The number of hydrogen-bond donors (Lipinski definition) is 0. The van der Waals surface area contributed by atoms with Gasteiger partial charge in [0, 0.05) is 18.4 Å². The van der Waals surface area contributed by atoms with Crippen LogP contribution in [0.25, 0.3) is 0 Å². The van der Waals surface area contributed by atoms with Crippen molar-refractivity contribution in [1.82, 2.24) is 4.90 Å². The number of nitrogens with zero attached hydrogens (tertiary/aromatic N) is 1. The second-order valence-electron chi connectivity index (χ2n) is 4.36. The number of alkyl halides is 1. The van der Waals surface area contributed by atoms with E-state index in [9.17, 15) is 4.79 Å². The molecule has 1 rings (SSSR count). The maximum absolute atomic E-state index is 11.8. The van der Waals surface area contributed by atoms with Crippen molar-refractivity contribution >= 4 is 33.6 Å². The van der Waals surface area contributed by atoms with Gasteiger partial charge in [0.25, 0.3) is 0 Å². The Bertz CT molecular complexity index is 235. The number of morpholine rings is 1. The van der Waals surface area contributed by atoms with Crippen molar-refractivity contribution in [1.29, 1.82) is 0 Å². The number of ether oxygens (including phenoxy) is 1. The normalized spacial score (nSPS) is 25.3. The molecule has 1 atom stereocenters. The molecule has 1 aliphatic rings. The lowest BCUT2D eigenvalue weighted by Crippen LogP contribution is -2.55. The maximum atomic E-state index is 11.8. The van der Waals surface area contributed by atoms with Crippen molar-refractivity contribution in [2.75, 3.05) is 30.4 Å². The standard InChI is InChI=1S/C10H18BrNO2S/c1-10(2)7-12(9(13)6-15-3)5-8(4-11)14-10/h8H,4-7H2,1-3H3. The zero-order valence-electron chi connectivity index (χ0n) is 9.46. The van der Waals surface area contributed by atoms with Crippen molar-refractivity contribution in [3.8, 4) is 0 Å². The zero-order valence-corrected chi connectivity index (χ0v) is 11.9. The Balaban J connectivity index is 2.61. The molecule has 0 aromatic carbocycles. The van der Waals surface area contributed by atoms with Gasteiger partial charge in [0.15, 0.2) is 0 Å². The van der Waals surface area contributed by atoms with Gasteiger partial charge in [-0.25, -0.2) is 0 Å². The van der Waals surface area contributed by atoms with Crippen LogP contribution in [0.1, 0.15) is 13.8 Å². The fourth-order valence-electron chi connectivity index (χ4n) is 1.78. The summed E-state index contributed by atoms with van der Waals surface area (Å²) < 4.78 is 5.83. The van der Waals surface area contributed by atoms with Crippen molar-refractivity contribution < 1.29 is 9.53 Å². The van der Waals surface area contributed by atoms with E-state index in [1.165, 1.54) is 0 Å². The number of amides is 1. The van der Waals surface area contributed by atoms with Gasteiger partial charge in [-0.05, 0) is 20.1 Å². The Kier molecular flexibility index (Phi) is 4.93. The Morgan fingerprint density at radius 2 is 2.33 bits per heavy atom. The smallest absolute Gasteiger partial charge is 0.232 e. The fraction of sp³-hybridized carbons (Fsp3) is 0.900. The minimum absolute atomic E-state index is 0.111. The number of halogens is 1. The lowest BCUT2D eigenvalue weighted by molar-refractivity contribution is -0.154. The van der Waals surface area contributed by atoms with Crippen LogP contribution in [-0.2, 0) is 9.53 Å². The summed E-state index contributed by atoms with van der Waals surface area (Å²) in [6, 6.07) is 0. The monoisotopic (exact) mass is 295 g/mol. The summed E-state index contributed by atoms with van der Waals surface area (Å²) >= 11 is 4.98. The Morgan fingerprint density at radius 3 is 2.87 bits per heavy atom. The van der Waals surface area contributed by atoms with Crippen LogP contribution in [0, 0.1) is 0 Å². The number of carbonyl (C=O) groups excluding carboxylic acids is 1. The van der Waals surface area contributed by atoms with E-state index in [2.05, 4.69) is 15.9 Å². The molecule has 0 bridgehead atoms. The largest absolute Gasteiger partial charge is 0.368 e. The predicted molar refractivity (Wildman–Crippen MR) is 67.7 cm³/mol. The molecule has 5 heteroatoms. The van der Waals surface area contributed by atoms with Gasteiger partial charge < -0.3 is 9.64 Å². The molecular formula is C10H18BrNO2S. The topological polar surface area (TPSA) is 29.5 Å². The third-order valence-electron chi connectivity index (χ3n) is 2.27. The highest BCUT2D eigenvalue weighted by atomic mass is 79.9. The van der Waals surface area contributed by atoms with Gasteiger partial charge in [-0.15, -0.1) is 0 Å². The molecule has 1 amide bonds. The quantitative estimate of drug-likeness (QED) is 0.743. The first-order valence-electron chi connectivity index (χ1n) is 4.99. The molecule has 88 valence electrons. The lowest BCUT2D eigenvalue weighted by Gasteiger charge is -2.42. The predicted octanol–water partition coefficient (Wildman–Crippen LogP) is 1.75. The van der Waals surface area contributed by atoms with Gasteiger partial charge in [-0.3, -0.25) is 4.79 Å². The molecule has 1 saturated heterocycles. The average Bonchev–Trinajstić information content (AvgIpc) is 2.15. The van der Waals surface area contributed by atoms with Gasteiger partial charge in [-0.1, -0.05) is 15.9 Å². The van der Waals surface area contributed by atoms with E-state index < -0.39 is 0 Å². The third kappa shape index (κ3) is 3.96. The van der Waals surface area contributed by atoms with E-state index in [0.29, 0.717) is 18.8 Å². The maximum Gasteiger partial charge on any atom is 0.232 e. The van der Waals surface area contributed by atoms with Crippen LogP contribution in [0.2, 0.25) is 0 Å². The summed E-state index contributed by atoms with van der Waals surface area (Å²) in [6.07, 6.45) is 2.06. The molecule has 15 heavy (non-hydrogen) atoms. The Hall–Kier alpha value is 0.260. The molecule has 0 aliphatic carbocycles. The number of carbonyl (C=O) groups is 1. The Labute approximate surface area is 104 Å². The summed E-state index contributed by atoms with van der Waals surface area (Å²) in [5.74, 6) is 0.773. The van der Waals surface area contributed by atoms with E-state index in [0.717, 1.165) is 5.33 Å². The van der Waals surface area contributed by atoms with E-state index in [-0.39, 0.29) is 17.6 Å². The Morgan fingerprint density at radius 1 is 1.67 bits per heavy atom. The molecule has 1 fully saturated rings. The number of rotatable bonds is 3.